The molecule has 0 atom stereocenters. The minimum absolute atomic E-state index is 0.300. The second kappa shape index (κ2) is 11.5. The van der Waals surface area contributed by atoms with Crippen LogP contribution in [-0.2, 0) is 14.2 Å². The van der Waals surface area contributed by atoms with E-state index in [4.69, 9.17) is 18.9 Å². The first-order valence-electron chi connectivity index (χ1n) is 9.55. The Morgan fingerprint density at radius 2 is 2.00 bits per heavy atom. The van der Waals surface area contributed by atoms with Crippen LogP contribution < -0.4 is 10.1 Å². The normalized spacial score (nSPS) is 11.1. The summed E-state index contributed by atoms with van der Waals surface area (Å²) in [6.07, 6.45) is 1.14. The molecular formula is C20H27N3O6S. The molecule has 0 saturated heterocycles. The Kier molecular flexibility index (Phi) is 9.00. The summed E-state index contributed by atoms with van der Waals surface area (Å²) in [6, 6.07) is 3.53. The van der Waals surface area contributed by atoms with E-state index < -0.39 is 17.7 Å². The third-order valence-electron chi connectivity index (χ3n) is 3.38. The van der Waals surface area contributed by atoms with Crippen LogP contribution in [0.15, 0.2) is 23.7 Å². The molecule has 0 aliphatic carbocycles. The molecule has 1 amide bonds. The van der Waals surface area contributed by atoms with Crippen LogP contribution >= 0.6 is 11.3 Å². The summed E-state index contributed by atoms with van der Waals surface area (Å²) in [5, 5.41) is 4.70. The Hall–Kier alpha value is -2.72. The standard InChI is InChI=1S/C20H27N3O6S/c1-5-27-18(24)17-23-15(13-30-17)14-6-7-21-16(12-14)28-11-10-26-9-8-22-19(25)29-20(2,3)4/h6-7,12-13H,5,8-11H2,1-4H3,(H,22,25). The SMILES string of the molecule is CCOC(=O)c1nc(-c2ccnc(OCCOCCNC(=O)OC(C)(C)C)c2)cs1. The number of thiazole rings is 1. The van der Waals surface area contributed by atoms with Gasteiger partial charge < -0.3 is 24.3 Å². The van der Waals surface area contributed by atoms with Gasteiger partial charge in [-0.3, -0.25) is 0 Å². The molecule has 10 heteroatoms. The zero-order valence-corrected chi connectivity index (χ0v) is 18.4. The Balaban J connectivity index is 1.71. The van der Waals surface area contributed by atoms with Gasteiger partial charge in [-0.15, -0.1) is 11.3 Å². The molecule has 2 aromatic rings. The van der Waals surface area contributed by atoms with E-state index in [9.17, 15) is 9.59 Å². The molecule has 2 heterocycles. The predicted octanol–water partition coefficient (Wildman–Crippen LogP) is 3.30. The van der Waals surface area contributed by atoms with Gasteiger partial charge in [-0.25, -0.2) is 19.6 Å². The van der Waals surface area contributed by atoms with E-state index in [2.05, 4.69) is 15.3 Å². The number of pyridine rings is 1. The number of alkyl carbamates (subject to hydrolysis) is 1. The van der Waals surface area contributed by atoms with Crippen molar-refractivity contribution in [3.05, 3.63) is 28.7 Å². The van der Waals surface area contributed by atoms with Gasteiger partial charge in [-0.1, -0.05) is 0 Å². The van der Waals surface area contributed by atoms with Gasteiger partial charge in [0.1, 0.15) is 12.2 Å². The summed E-state index contributed by atoms with van der Waals surface area (Å²) in [7, 11) is 0. The van der Waals surface area contributed by atoms with Crippen LogP contribution in [0.3, 0.4) is 0 Å². The highest BCUT2D eigenvalue weighted by molar-refractivity contribution is 7.11. The molecule has 0 radical (unpaired) electrons. The Morgan fingerprint density at radius 1 is 1.20 bits per heavy atom. The highest BCUT2D eigenvalue weighted by atomic mass is 32.1. The highest BCUT2D eigenvalue weighted by Gasteiger charge is 2.15. The van der Waals surface area contributed by atoms with Crippen molar-refractivity contribution in [1.82, 2.24) is 15.3 Å². The van der Waals surface area contributed by atoms with Gasteiger partial charge in [-0.2, -0.15) is 0 Å². The van der Waals surface area contributed by atoms with Crippen molar-refractivity contribution in [3.8, 4) is 17.1 Å². The Labute approximate surface area is 179 Å². The molecule has 0 unspecified atom stereocenters. The first-order valence-corrected chi connectivity index (χ1v) is 10.4. The fourth-order valence-corrected chi connectivity index (χ4v) is 2.91. The fourth-order valence-electron chi connectivity index (χ4n) is 2.19. The molecule has 30 heavy (non-hydrogen) atoms. The van der Waals surface area contributed by atoms with Gasteiger partial charge in [0.05, 0.1) is 25.5 Å². The summed E-state index contributed by atoms with van der Waals surface area (Å²) < 4.78 is 21.1. The van der Waals surface area contributed by atoms with Gasteiger partial charge >= 0.3 is 12.1 Å². The Bertz CT molecular complexity index is 834. The molecule has 0 bridgehead atoms. The Morgan fingerprint density at radius 3 is 2.73 bits per heavy atom. The number of carbonyl (C=O) groups is 2. The summed E-state index contributed by atoms with van der Waals surface area (Å²) in [4.78, 5) is 31.7. The maximum Gasteiger partial charge on any atom is 0.407 e. The molecular weight excluding hydrogens is 410 g/mol. The van der Waals surface area contributed by atoms with Crippen LogP contribution in [0.1, 0.15) is 37.5 Å². The van der Waals surface area contributed by atoms with E-state index in [1.165, 1.54) is 11.3 Å². The van der Waals surface area contributed by atoms with Crippen molar-refractivity contribution in [2.24, 2.45) is 0 Å². The third-order valence-corrected chi connectivity index (χ3v) is 4.20. The van der Waals surface area contributed by atoms with Gasteiger partial charge in [-0.05, 0) is 33.8 Å². The number of nitrogens with zero attached hydrogens (tertiary/aromatic N) is 2. The molecule has 2 rings (SSSR count). The number of aromatic nitrogens is 2. The van der Waals surface area contributed by atoms with Crippen molar-refractivity contribution < 1.29 is 28.5 Å². The van der Waals surface area contributed by atoms with E-state index >= 15 is 0 Å². The summed E-state index contributed by atoms with van der Waals surface area (Å²) in [6.45, 7) is 8.78. The predicted molar refractivity (Wildman–Crippen MR) is 112 cm³/mol. The van der Waals surface area contributed by atoms with Crippen LogP contribution in [0.5, 0.6) is 5.88 Å². The lowest BCUT2D eigenvalue weighted by Gasteiger charge is -2.19. The molecule has 0 fully saturated rings. The summed E-state index contributed by atoms with van der Waals surface area (Å²) >= 11 is 1.23. The van der Waals surface area contributed by atoms with E-state index in [0.29, 0.717) is 49.6 Å². The maximum absolute atomic E-state index is 11.7. The topological polar surface area (TPSA) is 109 Å². The molecule has 9 nitrogen and oxygen atoms in total. The van der Waals surface area contributed by atoms with Crippen molar-refractivity contribution in [2.75, 3.05) is 33.0 Å². The van der Waals surface area contributed by atoms with Crippen molar-refractivity contribution >= 4 is 23.4 Å². The molecule has 0 aromatic carbocycles. The highest BCUT2D eigenvalue weighted by Crippen LogP contribution is 2.24. The second-order valence-electron chi connectivity index (χ2n) is 7.03. The molecule has 0 aliphatic rings. The zero-order chi connectivity index (χ0) is 22.0. The molecule has 0 spiro atoms. The van der Waals surface area contributed by atoms with E-state index in [-0.39, 0.29) is 0 Å². The molecule has 0 saturated carbocycles. The number of ether oxygens (including phenoxy) is 4. The summed E-state index contributed by atoms with van der Waals surface area (Å²) in [5.74, 6) is -0.00810. The van der Waals surface area contributed by atoms with Gasteiger partial charge in [0.15, 0.2) is 0 Å². The molecule has 2 aromatic heterocycles. The largest absolute Gasteiger partial charge is 0.475 e. The fraction of sp³-hybridized carbons (Fsp3) is 0.500. The monoisotopic (exact) mass is 437 g/mol. The van der Waals surface area contributed by atoms with Crippen molar-refractivity contribution in [1.29, 1.82) is 0 Å². The number of esters is 1. The van der Waals surface area contributed by atoms with E-state index in [1.54, 1.807) is 51.4 Å². The number of amides is 1. The average Bonchev–Trinajstić information content (AvgIpc) is 3.17. The lowest BCUT2D eigenvalue weighted by molar-refractivity contribution is 0.0486. The van der Waals surface area contributed by atoms with Gasteiger partial charge in [0.2, 0.25) is 10.9 Å². The first kappa shape index (κ1) is 23.6. The summed E-state index contributed by atoms with van der Waals surface area (Å²) in [5.41, 5.74) is 0.910. The van der Waals surface area contributed by atoms with Crippen LogP contribution in [0.4, 0.5) is 4.79 Å². The number of rotatable bonds is 10. The van der Waals surface area contributed by atoms with Crippen LogP contribution in [-0.4, -0.2) is 60.6 Å². The number of hydrogen-bond donors (Lipinski definition) is 1. The van der Waals surface area contributed by atoms with Crippen molar-refractivity contribution in [3.63, 3.8) is 0 Å². The molecule has 0 aliphatic heterocycles. The number of hydrogen-bond acceptors (Lipinski definition) is 9. The van der Waals surface area contributed by atoms with Crippen LogP contribution in [0, 0.1) is 0 Å². The van der Waals surface area contributed by atoms with E-state index in [1.807, 2.05) is 0 Å². The van der Waals surface area contributed by atoms with Crippen LogP contribution in [0.25, 0.3) is 11.3 Å². The third kappa shape index (κ3) is 8.34. The first-order chi connectivity index (χ1) is 14.3. The lowest BCUT2D eigenvalue weighted by Crippen LogP contribution is -2.34. The van der Waals surface area contributed by atoms with E-state index in [0.717, 1.165) is 5.56 Å². The van der Waals surface area contributed by atoms with Crippen molar-refractivity contribution in [2.45, 2.75) is 33.3 Å². The smallest absolute Gasteiger partial charge is 0.407 e. The molecule has 164 valence electrons. The number of carbonyl (C=O) groups excluding carboxylic acids is 2. The van der Waals surface area contributed by atoms with Gasteiger partial charge in [0, 0.05) is 29.8 Å². The quantitative estimate of drug-likeness (QED) is 0.445. The van der Waals surface area contributed by atoms with Crippen LogP contribution in [0.2, 0.25) is 0 Å². The minimum atomic E-state index is -0.529. The second-order valence-corrected chi connectivity index (χ2v) is 7.89. The maximum atomic E-state index is 11.7. The minimum Gasteiger partial charge on any atom is -0.475 e. The van der Waals surface area contributed by atoms with Gasteiger partial charge in [0.25, 0.3) is 0 Å². The molecule has 1 N–H and O–H groups in total. The number of nitrogens with one attached hydrogen (secondary N) is 1. The zero-order valence-electron chi connectivity index (χ0n) is 17.6. The average molecular weight is 438 g/mol. The lowest BCUT2D eigenvalue weighted by atomic mass is 10.2.